The van der Waals surface area contributed by atoms with Crippen LogP contribution in [0.15, 0.2) is 18.6 Å². The van der Waals surface area contributed by atoms with Crippen LogP contribution in [0, 0.1) is 0 Å². The number of nitrogens with one attached hydrogen (secondary N) is 2. The third-order valence-electron chi connectivity index (χ3n) is 1.80. The van der Waals surface area contributed by atoms with Crippen LogP contribution in [0.5, 0.6) is 0 Å². The predicted octanol–water partition coefficient (Wildman–Crippen LogP) is 1.53. The van der Waals surface area contributed by atoms with Gasteiger partial charge in [-0.2, -0.15) is 0 Å². The minimum atomic E-state index is -0.488. The Morgan fingerprint density at radius 3 is 3.27 bits per heavy atom. The van der Waals surface area contributed by atoms with Gasteiger partial charge in [-0.15, -0.1) is 0 Å². The molecule has 0 spiro atoms. The molecular formula is C9H10N4O2. The van der Waals surface area contributed by atoms with Crippen molar-refractivity contribution in [1.82, 2.24) is 15.0 Å². The lowest BCUT2D eigenvalue weighted by atomic mass is 10.4. The summed E-state index contributed by atoms with van der Waals surface area (Å²) < 4.78 is 4.74. The first kappa shape index (κ1) is 9.45. The molecule has 0 saturated carbocycles. The van der Waals surface area contributed by atoms with Crippen molar-refractivity contribution in [1.29, 1.82) is 0 Å². The molecule has 2 N–H and O–H groups in total. The summed E-state index contributed by atoms with van der Waals surface area (Å²) in [6.45, 7) is 2.08. The number of aromatic nitrogens is 3. The zero-order chi connectivity index (χ0) is 10.7. The number of rotatable bonds is 2. The number of nitrogens with zero attached hydrogens (tertiary/aromatic N) is 2. The van der Waals surface area contributed by atoms with Gasteiger partial charge < -0.3 is 9.72 Å². The molecule has 78 valence electrons. The highest BCUT2D eigenvalue weighted by atomic mass is 16.5. The molecule has 0 aliphatic rings. The fourth-order valence-corrected chi connectivity index (χ4v) is 1.18. The smallest absolute Gasteiger partial charge is 0.411 e. The Bertz CT molecular complexity index is 480. The number of pyridine rings is 1. The largest absolute Gasteiger partial charge is 0.450 e. The number of ether oxygens (including phenoxy) is 1. The fraction of sp³-hybridized carbons (Fsp3) is 0.222. The van der Waals surface area contributed by atoms with Crippen molar-refractivity contribution in [2.45, 2.75) is 6.92 Å². The quantitative estimate of drug-likeness (QED) is 0.780. The lowest BCUT2D eigenvalue weighted by Gasteiger charge is -2.03. The molecule has 0 saturated heterocycles. The molecule has 2 aromatic rings. The van der Waals surface area contributed by atoms with Gasteiger partial charge in [-0.25, -0.2) is 14.8 Å². The first-order valence-electron chi connectivity index (χ1n) is 4.52. The van der Waals surface area contributed by atoms with E-state index in [2.05, 4.69) is 20.3 Å². The van der Waals surface area contributed by atoms with Crippen LogP contribution >= 0.6 is 0 Å². The van der Waals surface area contributed by atoms with Crippen LogP contribution in [0.4, 0.5) is 10.5 Å². The van der Waals surface area contributed by atoms with Gasteiger partial charge in [-0.05, 0) is 13.0 Å². The van der Waals surface area contributed by atoms with Gasteiger partial charge in [-0.1, -0.05) is 0 Å². The van der Waals surface area contributed by atoms with E-state index in [1.165, 1.54) is 6.20 Å². The Balaban J connectivity index is 2.17. The van der Waals surface area contributed by atoms with Crippen molar-refractivity contribution in [3.63, 3.8) is 0 Å². The van der Waals surface area contributed by atoms with Crippen LogP contribution in [-0.2, 0) is 4.74 Å². The summed E-state index contributed by atoms with van der Waals surface area (Å²) in [6, 6.07) is 1.74. The molecule has 2 rings (SSSR count). The van der Waals surface area contributed by atoms with E-state index in [0.717, 1.165) is 5.52 Å². The van der Waals surface area contributed by atoms with E-state index >= 15 is 0 Å². The first-order valence-corrected chi connectivity index (χ1v) is 4.52. The third-order valence-corrected chi connectivity index (χ3v) is 1.80. The lowest BCUT2D eigenvalue weighted by Crippen LogP contribution is -2.13. The Morgan fingerprint density at radius 2 is 2.47 bits per heavy atom. The maximum atomic E-state index is 11.1. The predicted molar refractivity (Wildman–Crippen MR) is 54.5 cm³/mol. The van der Waals surface area contributed by atoms with E-state index in [0.29, 0.717) is 17.9 Å². The van der Waals surface area contributed by atoms with Gasteiger partial charge in [0, 0.05) is 0 Å². The van der Waals surface area contributed by atoms with Gasteiger partial charge in [0.1, 0.15) is 0 Å². The van der Waals surface area contributed by atoms with Crippen LogP contribution in [0.25, 0.3) is 11.2 Å². The van der Waals surface area contributed by atoms with E-state index < -0.39 is 6.09 Å². The molecule has 1 amide bonds. The van der Waals surface area contributed by atoms with E-state index in [9.17, 15) is 4.79 Å². The second-order valence-corrected chi connectivity index (χ2v) is 2.84. The molecule has 2 aromatic heterocycles. The maximum absolute atomic E-state index is 11.1. The molecule has 15 heavy (non-hydrogen) atoms. The minimum absolute atomic E-state index is 0.339. The molecule has 6 heteroatoms. The van der Waals surface area contributed by atoms with Gasteiger partial charge in [0.2, 0.25) is 0 Å². The van der Waals surface area contributed by atoms with Crippen molar-refractivity contribution >= 4 is 22.9 Å². The highest BCUT2D eigenvalue weighted by Gasteiger charge is 2.04. The summed E-state index contributed by atoms with van der Waals surface area (Å²) in [6.07, 6.45) is 2.59. The molecular weight excluding hydrogens is 196 g/mol. The van der Waals surface area contributed by atoms with Crippen LogP contribution in [-0.4, -0.2) is 27.7 Å². The van der Waals surface area contributed by atoms with Gasteiger partial charge >= 0.3 is 6.09 Å². The van der Waals surface area contributed by atoms with Crippen LogP contribution in [0.3, 0.4) is 0 Å². The topological polar surface area (TPSA) is 79.9 Å². The first-order chi connectivity index (χ1) is 7.29. The molecule has 0 fully saturated rings. The minimum Gasteiger partial charge on any atom is -0.450 e. The number of aromatic amines is 1. The SMILES string of the molecule is CCOC(=O)Nc1cnc2nc[nH]c2c1. The zero-order valence-corrected chi connectivity index (χ0v) is 8.15. The van der Waals surface area contributed by atoms with Crippen molar-refractivity contribution in [3.8, 4) is 0 Å². The Morgan fingerprint density at radius 1 is 1.60 bits per heavy atom. The van der Waals surface area contributed by atoms with Crippen molar-refractivity contribution < 1.29 is 9.53 Å². The Labute approximate surface area is 85.7 Å². The average Bonchev–Trinajstić information content (AvgIpc) is 2.65. The Kier molecular flexibility index (Phi) is 2.49. The number of hydrogen-bond donors (Lipinski definition) is 2. The zero-order valence-electron chi connectivity index (χ0n) is 8.15. The number of carbonyl (C=O) groups excluding carboxylic acids is 1. The molecule has 0 aliphatic carbocycles. The Hall–Kier alpha value is -2.11. The number of fused-ring (bicyclic) bond motifs is 1. The standard InChI is InChI=1S/C9H10N4O2/c1-2-15-9(14)13-6-3-7-8(10-4-6)12-5-11-7/h3-5H,2H2,1H3,(H,13,14)(H,10,11,12). The molecule has 0 atom stereocenters. The van der Waals surface area contributed by atoms with Gasteiger partial charge in [0.25, 0.3) is 0 Å². The number of hydrogen-bond acceptors (Lipinski definition) is 4. The number of imidazole rings is 1. The highest BCUT2D eigenvalue weighted by molar-refractivity contribution is 5.87. The normalized spacial score (nSPS) is 10.2. The van der Waals surface area contributed by atoms with E-state index in [1.807, 2.05) is 0 Å². The van der Waals surface area contributed by atoms with E-state index in [-0.39, 0.29) is 0 Å². The van der Waals surface area contributed by atoms with Gasteiger partial charge in [0.05, 0.1) is 30.3 Å². The number of amides is 1. The summed E-state index contributed by atoms with van der Waals surface area (Å²) in [5.41, 5.74) is 1.96. The maximum Gasteiger partial charge on any atom is 0.411 e. The molecule has 6 nitrogen and oxygen atoms in total. The van der Waals surface area contributed by atoms with Crippen LogP contribution < -0.4 is 5.32 Å². The summed E-state index contributed by atoms with van der Waals surface area (Å²) in [7, 11) is 0. The van der Waals surface area contributed by atoms with Crippen molar-refractivity contribution in [3.05, 3.63) is 18.6 Å². The van der Waals surface area contributed by atoms with Gasteiger partial charge in [0.15, 0.2) is 5.65 Å². The molecule has 2 heterocycles. The number of anilines is 1. The highest BCUT2D eigenvalue weighted by Crippen LogP contribution is 2.12. The van der Waals surface area contributed by atoms with Gasteiger partial charge in [-0.3, -0.25) is 5.32 Å². The molecule has 0 bridgehead atoms. The van der Waals surface area contributed by atoms with E-state index in [4.69, 9.17) is 4.74 Å². The van der Waals surface area contributed by atoms with Crippen LogP contribution in [0.2, 0.25) is 0 Å². The fourth-order valence-electron chi connectivity index (χ4n) is 1.18. The summed E-state index contributed by atoms with van der Waals surface area (Å²) in [5.74, 6) is 0. The van der Waals surface area contributed by atoms with E-state index in [1.54, 1.807) is 19.3 Å². The second kappa shape index (κ2) is 3.95. The molecule has 0 unspecified atom stereocenters. The van der Waals surface area contributed by atoms with Crippen molar-refractivity contribution in [2.24, 2.45) is 0 Å². The summed E-state index contributed by atoms with van der Waals surface area (Å²) >= 11 is 0. The summed E-state index contributed by atoms with van der Waals surface area (Å²) in [4.78, 5) is 22.0. The van der Waals surface area contributed by atoms with Crippen LogP contribution in [0.1, 0.15) is 6.92 Å². The summed E-state index contributed by atoms with van der Waals surface area (Å²) in [5, 5.41) is 2.55. The second-order valence-electron chi connectivity index (χ2n) is 2.84. The number of H-pyrrole nitrogens is 1. The third kappa shape index (κ3) is 2.04. The molecule has 0 aliphatic heterocycles. The lowest BCUT2D eigenvalue weighted by molar-refractivity contribution is 0.168. The average molecular weight is 206 g/mol. The van der Waals surface area contributed by atoms with Crippen molar-refractivity contribution in [2.75, 3.05) is 11.9 Å². The monoisotopic (exact) mass is 206 g/mol. The molecule has 0 radical (unpaired) electrons. The number of carbonyl (C=O) groups is 1. The molecule has 0 aromatic carbocycles.